The van der Waals surface area contributed by atoms with Crippen LogP contribution in [0.5, 0.6) is 5.75 Å². The zero-order chi connectivity index (χ0) is 12.3. The van der Waals surface area contributed by atoms with Gasteiger partial charge in [-0.25, -0.2) is 0 Å². The minimum atomic E-state index is -1.22. The number of benzene rings is 1. The van der Waals surface area contributed by atoms with Gasteiger partial charge in [-0.3, -0.25) is 10.1 Å². The molecule has 0 fully saturated rings. The molecule has 0 aliphatic rings. The number of methoxy groups -OCH3 is 1. The number of hydrogen-bond acceptors (Lipinski definition) is 5. The number of nitro benzene ring substituents is 1. The van der Waals surface area contributed by atoms with E-state index in [1.807, 2.05) is 0 Å². The van der Waals surface area contributed by atoms with Crippen molar-refractivity contribution in [2.45, 2.75) is 0 Å². The Morgan fingerprint density at radius 2 is 2.31 bits per heavy atom. The molecule has 0 aliphatic carbocycles. The summed E-state index contributed by atoms with van der Waals surface area (Å²) in [7, 11) is 1.23. The minimum absolute atomic E-state index is 0.0640. The van der Waals surface area contributed by atoms with E-state index in [0.29, 0.717) is 0 Å². The molecular formula is C8H6ClFN2O4. The van der Waals surface area contributed by atoms with Gasteiger partial charge in [0.15, 0.2) is 5.17 Å². The summed E-state index contributed by atoms with van der Waals surface area (Å²) in [4.78, 5) is 9.55. The van der Waals surface area contributed by atoms with Crippen molar-refractivity contribution in [3.8, 4) is 5.75 Å². The van der Waals surface area contributed by atoms with Gasteiger partial charge >= 0.3 is 5.69 Å². The van der Waals surface area contributed by atoms with Crippen molar-refractivity contribution >= 4 is 22.5 Å². The third-order valence-corrected chi connectivity index (χ3v) is 2.06. The number of hydrogen-bond donors (Lipinski definition) is 1. The van der Waals surface area contributed by atoms with E-state index in [4.69, 9.17) is 21.5 Å². The summed E-state index contributed by atoms with van der Waals surface area (Å²) >= 11 is 5.41. The molecule has 0 unspecified atom stereocenters. The molecule has 6 nitrogen and oxygen atoms in total. The van der Waals surface area contributed by atoms with E-state index in [0.717, 1.165) is 12.1 Å². The highest BCUT2D eigenvalue weighted by atomic mass is 35.5. The van der Waals surface area contributed by atoms with Crippen molar-refractivity contribution in [2.24, 2.45) is 5.16 Å². The van der Waals surface area contributed by atoms with Gasteiger partial charge in [-0.1, -0.05) is 16.8 Å². The van der Waals surface area contributed by atoms with E-state index in [-0.39, 0.29) is 5.75 Å². The van der Waals surface area contributed by atoms with Crippen LogP contribution in [-0.2, 0) is 0 Å². The lowest BCUT2D eigenvalue weighted by atomic mass is 10.1. The van der Waals surface area contributed by atoms with Gasteiger partial charge in [-0.05, 0) is 6.07 Å². The smallest absolute Gasteiger partial charge is 0.305 e. The van der Waals surface area contributed by atoms with Crippen LogP contribution in [0.1, 0.15) is 5.56 Å². The molecule has 0 spiro atoms. The van der Waals surface area contributed by atoms with Gasteiger partial charge in [0, 0.05) is 6.07 Å². The number of nitrogens with zero attached hydrogens (tertiary/aromatic N) is 2. The highest BCUT2D eigenvalue weighted by Crippen LogP contribution is 2.30. The van der Waals surface area contributed by atoms with Crippen molar-refractivity contribution in [2.75, 3.05) is 7.11 Å². The zero-order valence-corrected chi connectivity index (χ0v) is 8.73. The Morgan fingerprint density at radius 1 is 1.69 bits per heavy atom. The lowest BCUT2D eigenvalue weighted by molar-refractivity contribution is -0.387. The van der Waals surface area contributed by atoms with E-state index in [2.05, 4.69) is 5.16 Å². The van der Waals surface area contributed by atoms with Crippen LogP contribution in [0, 0.1) is 15.9 Å². The fraction of sp³-hybridized carbons (Fsp3) is 0.125. The van der Waals surface area contributed by atoms with Gasteiger partial charge in [0.2, 0.25) is 5.82 Å². The topological polar surface area (TPSA) is 85.0 Å². The van der Waals surface area contributed by atoms with E-state index >= 15 is 0 Å². The Balaban J connectivity index is 3.53. The van der Waals surface area contributed by atoms with Crippen LogP contribution >= 0.6 is 11.6 Å². The van der Waals surface area contributed by atoms with Crippen molar-refractivity contribution in [3.63, 3.8) is 0 Å². The first kappa shape index (κ1) is 12.2. The number of halogens is 2. The second-order valence-corrected chi connectivity index (χ2v) is 2.98. The predicted octanol–water partition coefficient (Wildman–Crippen LogP) is 2.12. The molecule has 0 aromatic heterocycles. The Morgan fingerprint density at radius 3 is 2.75 bits per heavy atom. The van der Waals surface area contributed by atoms with Crippen molar-refractivity contribution < 1.29 is 19.3 Å². The standard InChI is InChI=1S/C8H6ClFN2O4/c1-16-5-3-2-4(12(14)15)7(10)6(5)8(9)11-13/h2-3,13H,1H3/b11-8-. The Hall–Kier alpha value is -1.89. The van der Waals surface area contributed by atoms with Crippen molar-refractivity contribution in [1.82, 2.24) is 0 Å². The maximum Gasteiger partial charge on any atom is 0.305 e. The van der Waals surface area contributed by atoms with E-state index in [1.165, 1.54) is 7.11 Å². The maximum absolute atomic E-state index is 13.6. The van der Waals surface area contributed by atoms with Crippen LogP contribution in [-0.4, -0.2) is 22.4 Å². The van der Waals surface area contributed by atoms with Gasteiger partial charge < -0.3 is 9.94 Å². The summed E-state index contributed by atoms with van der Waals surface area (Å²) in [6, 6.07) is 2.09. The SMILES string of the molecule is COc1ccc([N+](=O)[O-])c(F)c1/C(Cl)=N/O. The lowest BCUT2D eigenvalue weighted by Gasteiger charge is -2.06. The summed E-state index contributed by atoms with van der Waals surface area (Å²) in [5, 5.41) is 20.8. The van der Waals surface area contributed by atoms with E-state index in [9.17, 15) is 14.5 Å². The molecule has 0 heterocycles. The largest absolute Gasteiger partial charge is 0.496 e. The summed E-state index contributed by atoms with van der Waals surface area (Å²) in [6.45, 7) is 0. The lowest BCUT2D eigenvalue weighted by Crippen LogP contribution is -2.04. The van der Waals surface area contributed by atoms with Gasteiger partial charge in [-0.2, -0.15) is 4.39 Å². The second kappa shape index (κ2) is 4.75. The molecule has 0 bridgehead atoms. The molecular weight excluding hydrogens is 243 g/mol. The fourth-order valence-corrected chi connectivity index (χ4v) is 1.28. The predicted molar refractivity (Wildman–Crippen MR) is 53.8 cm³/mol. The molecule has 1 aromatic carbocycles. The van der Waals surface area contributed by atoms with Gasteiger partial charge in [0.1, 0.15) is 11.3 Å². The van der Waals surface area contributed by atoms with Crippen LogP contribution in [0.2, 0.25) is 0 Å². The number of oxime groups is 1. The fourth-order valence-electron chi connectivity index (χ4n) is 1.10. The Bertz CT molecular complexity index is 464. The molecule has 0 aliphatic heterocycles. The van der Waals surface area contributed by atoms with E-state index < -0.39 is 27.2 Å². The first-order valence-corrected chi connectivity index (χ1v) is 4.29. The maximum atomic E-state index is 13.6. The number of ether oxygens (including phenoxy) is 1. The molecule has 0 saturated heterocycles. The molecule has 8 heteroatoms. The van der Waals surface area contributed by atoms with Crippen LogP contribution in [0.15, 0.2) is 17.3 Å². The zero-order valence-electron chi connectivity index (χ0n) is 7.98. The quantitative estimate of drug-likeness (QED) is 0.384. The van der Waals surface area contributed by atoms with Gasteiger partial charge in [0.05, 0.1) is 12.0 Å². The average molecular weight is 249 g/mol. The first-order chi connectivity index (χ1) is 7.52. The summed E-state index contributed by atoms with van der Waals surface area (Å²) in [6.07, 6.45) is 0. The summed E-state index contributed by atoms with van der Waals surface area (Å²) in [5.74, 6) is -1.28. The summed E-state index contributed by atoms with van der Waals surface area (Å²) < 4.78 is 18.4. The average Bonchev–Trinajstić information content (AvgIpc) is 2.26. The molecule has 16 heavy (non-hydrogen) atoms. The molecule has 86 valence electrons. The third-order valence-electron chi connectivity index (χ3n) is 1.79. The second-order valence-electron chi connectivity index (χ2n) is 2.62. The highest BCUT2D eigenvalue weighted by Gasteiger charge is 2.24. The first-order valence-electron chi connectivity index (χ1n) is 3.91. The minimum Gasteiger partial charge on any atom is -0.496 e. The molecule has 0 radical (unpaired) electrons. The molecule has 1 aromatic rings. The van der Waals surface area contributed by atoms with Gasteiger partial charge in [0.25, 0.3) is 0 Å². The van der Waals surface area contributed by atoms with Gasteiger partial charge in [-0.15, -0.1) is 0 Å². The van der Waals surface area contributed by atoms with Crippen LogP contribution in [0.25, 0.3) is 0 Å². The molecule has 1 N–H and O–H groups in total. The molecule has 0 amide bonds. The van der Waals surface area contributed by atoms with Crippen LogP contribution in [0.3, 0.4) is 0 Å². The monoisotopic (exact) mass is 248 g/mol. The number of nitro groups is 1. The normalized spacial score (nSPS) is 11.3. The van der Waals surface area contributed by atoms with E-state index in [1.54, 1.807) is 0 Å². The third kappa shape index (κ3) is 2.03. The van der Waals surface area contributed by atoms with Crippen LogP contribution < -0.4 is 4.74 Å². The Kier molecular flexibility index (Phi) is 3.62. The number of rotatable bonds is 3. The highest BCUT2D eigenvalue weighted by molar-refractivity contribution is 6.69. The van der Waals surface area contributed by atoms with Crippen LogP contribution in [0.4, 0.5) is 10.1 Å². The molecule has 0 saturated carbocycles. The van der Waals surface area contributed by atoms with Crippen molar-refractivity contribution in [1.29, 1.82) is 0 Å². The van der Waals surface area contributed by atoms with Crippen molar-refractivity contribution in [3.05, 3.63) is 33.6 Å². The summed E-state index contributed by atoms with van der Waals surface area (Å²) in [5.41, 5.74) is -1.24. The Labute approximate surface area is 94.0 Å². The molecule has 1 rings (SSSR count). The molecule has 0 atom stereocenters.